The molecule has 2 nitrogen and oxygen atoms in total. The van der Waals surface area contributed by atoms with Crippen LogP contribution in [0.15, 0.2) is 0 Å². The summed E-state index contributed by atoms with van der Waals surface area (Å²) in [6.45, 7) is 2.27. The Hall–Kier alpha value is -0.0800. The van der Waals surface area contributed by atoms with E-state index in [1.165, 1.54) is 77.0 Å². The summed E-state index contributed by atoms with van der Waals surface area (Å²) in [5, 5.41) is 8.98. The molecule has 2 heteroatoms. The zero-order chi connectivity index (χ0) is 13.1. The lowest BCUT2D eigenvalue weighted by Gasteiger charge is -2.02. The number of aliphatic hydroxyl groups excluding tert-OH is 1. The Morgan fingerprint density at radius 1 is 0.722 bits per heavy atom. The minimum absolute atomic E-state index is 0.174. The second kappa shape index (κ2) is 10.8. The van der Waals surface area contributed by atoms with E-state index in [0.717, 1.165) is 6.42 Å². The van der Waals surface area contributed by atoms with Crippen molar-refractivity contribution < 1.29 is 9.84 Å². The van der Waals surface area contributed by atoms with Crippen molar-refractivity contribution in [1.82, 2.24) is 0 Å². The van der Waals surface area contributed by atoms with Gasteiger partial charge >= 0.3 is 0 Å². The van der Waals surface area contributed by atoms with Gasteiger partial charge in [0, 0.05) is 0 Å². The van der Waals surface area contributed by atoms with Gasteiger partial charge in [-0.05, 0) is 6.42 Å². The maximum absolute atomic E-state index is 8.98. The summed E-state index contributed by atoms with van der Waals surface area (Å²) in [5.74, 6) is 0. The maximum atomic E-state index is 8.98. The Morgan fingerprint density at radius 2 is 1.11 bits per heavy atom. The quantitative estimate of drug-likeness (QED) is 0.379. The molecule has 108 valence electrons. The predicted molar refractivity (Wildman–Crippen MR) is 76.6 cm³/mol. The lowest BCUT2D eigenvalue weighted by Crippen LogP contribution is -1.91. The van der Waals surface area contributed by atoms with E-state index in [2.05, 4.69) is 6.92 Å². The highest BCUT2D eigenvalue weighted by Crippen LogP contribution is 2.24. The van der Waals surface area contributed by atoms with Crippen molar-refractivity contribution in [3.8, 4) is 0 Å². The number of rotatable bonds is 13. The highest BCUT2D eigenvalue weighted by molar-refractivity contribution is 4.74. The molecule has 2 unspecified atom stereocenters. The molecule has 1 fully saturated rings. The van der Waals surface area contributed by atoms with Crippen molar-refractivity contribution in [2.75, 3.05) is 0 Å². The SMILES string of the molecule is CCCCCCCCCCCCCCC1OC1O. The van der Waals surface area contributed by atoms with E-state index in [9.17, 15) is 0 Å². The van der Waals surface area contributed by atoms with Crippen LogP contribution in [-0.4, -0.2) is 17.5 Å². The zero-order valence-corrected chi connectivity index (χ0v) is 12.2. The fourth-order valence-electron chi connectivity index (χ4n) is 2.53. The summed E-state index contributed by atoms with van der Waals surface area (Å²) >= 11 is 0. The number of epoxide rings is 1. The molecule has 1 saturated heterocycles. The summed E-state index contributed by atoms with van der Waals surface area (Å²) in [5.41, 5.74) is 0. The van der Waals surface area contributed by atoms with Gasteiger partial charge in [-0.2, -0.15) is 0 Å². The first-order chi connectivity index (χ1) is 8.84. The summed E-state index contributed by atoms with van der Waals surface area (Å²) in [6.07, 6.45) is 17.4. The van der Waals surface area contributed by atoms with Gasteiger partial charge in [-0.1, -0.05) is 84.0 Å². The van der Waals surface area contributed by atoms with Gasteiger partial charge in [0.1, 0.15) is 6.10 Å². The Labute approximate surface area is 113 Å². The minimum Gasteiger partial charge on any atom is -0.366 e. The molecular weight excluding hydrogens is 224 g/mol. The number of aliphatic hydroxyl groups is 1. The number of unbranched alkanes of at least 4 members (excludes halogenated alkanes) is 11. The van der Waals surface area contributed by atoms with Crippen LogP contribution < -0.4 is 0 Å². The van der Waals surface area contributed by atoms with Crippen molar-refractivity contribution in [1.29, 1.82) is 0 Å². The van der Waals surface area contributed by atoms with Crippen LogP contribution in [-0.2, 0) is 4.74 Å². The van der Waals surface area contributed by atoms with Crippen molar-refractivity contribution in [3.63, 3.8) is 0 Å². The minimum atomic E-state index is -0.433. The van der Waals surface area contributed by atoms with Crippen LogP contribution in [0.2, 0.25) is 0 Å². The maximum Gasteiger partial charge on any atom is 0.181 e. The third kappa shape index (κ3) is 8.93. The van der Waals surface area contributed by atoms with Gasteiger partial charge in [0.2, 0.25) is 0 Å². The standard InChI is InChI=1S/C16H32O2/c1-2-3-4-5-6-7-8-9-10-11-12-13-14-15-16(17)18-15/h15-17H,2-14H2,1H3. The van der Waals surface area contributed by atoms with E-state index in [1.807, 2.05) is 0 Å². The topological polar surface area (TPSA) is 32.8 Å². The molecule has 2 atom stereocenters. The molecule has 0 amide bonds. The van der Waals surface area contributed by atoms with Crippen LogP contribution in [0.4, 0.5) is 0 Å². The summed E-state index contributed by atoms with van der Waals surface area (Å²) in [6, 6.07) is 0. The zero-order valence-electron chi connectivity index (χ0n) is 12.2. The first-order valence-electron chi connectivity index (χ1n) is 8.18. The van der Waals surface area contributed by atoms with Gasteiger partial charge < -0.3 is 9.84 Å². The van der Waals surface area contributed by atoms with Gasteiger partial charge in [0.15, 0.2) is 6.29 Å². The molecule has 0 aromatic rings. The van der Waals surface area contributed by atoms with Gasteiger partial charge in [0.05, 0.1) is 0 Å². The Kier molecular flexibility index (Phi) is 9.59. The molecule has 0 radical (unpaired) electrons. The van der Waals surface area contributed by atoms with E-state index < -0.39 is 6.29 Å². The second-order valence-electron chi connectivity index (χ2n) is 5.74. The number of hydrogen-bond donors (Lipinski definition) is 1. The molecule has 0 bridgehead atoms. The van der Waals surface area contributed by atoms with Crippen LogP contribution in [0.1, 0.15) is 90.4 Å². The number of hydrogen-bond acceptors (Lipinski definition) is 2. The van der Waals surface area contributed by atoms with Crippen molar-refractivity contribution in [2.24, 2.45) is 0 Å². The van der Waals surface area contributed by atoms with E-state index in [-0.39, 0.29) is 6.10 Å². The van der Waals surface area contributed by atoms with Crippen LogP contribution in [0, 0.1) is 0 Å². The normalized spacial score (nSPS) is 22.3. The van der Waals surface area contributed by atoms with Gasteiger partial charge in [-0.25, -0.2) is 0 Å². The molecule has 0 aromatic carbocycles. The van der Waals surface area contributed by atoms with Crippen molar-refractivity contribution in [2.45, 2.75) is 103 Å². The highest BCUT2D eigenvalue weighted by Gasteiger charge is 2.35. The van der Waals surface area contributed by atoms with Gasteiger partial charge in [0.25, 0.3) is 0 Å². The molecule has 0 saturated carbocycles. The first kappa shape index (κ1) is 16.0. The third-order valence-corrected chi connectivity index (χ3v) is 3.90. The number of ether oxygens (including phenoxy) is 1. The smallest absolute Gasteiger partial charge is 0.181 e. The highest BCUT2D eigenvalue weighted by atomic mass is 16.7. The van der Waals surface area contributed by atoms with E-state index >= 15 is 0 Å². The molecule has 1 rings (SSSR count). The molecule has 1 N–H and O–H groups in total. The third-order valence-electron chi connectivity index (χ3n) is 3.90. The molecule has 0 aromatic heterocycles. The molecule has 0 spiro atoms. The van der Waals surface area contributed by atoms with Crippen LogP contribution >= 0.6 is 0 Å². The fraction of sp³-hybridized carbons (Fsp3) is 1.00. The van der Waals surface area contributed by atoms with E-state index in [1.54, 1.807) is 0 Å². The molecular formula is C16H32O2. The predicted octanol–water partition coefficient (Wildman–Crippen LogP) is 4.79. The monoisotopic (exact) mass is 256 g/mol. The lowest BCUT2D eigenvalue weighted by molar-refractivity contribution is 0.156. The van der Waals surface area contributed by atoms with Crippen LogP contribution in [0.3, 0.4) is 0 Å². The summed E-state index contributed by atoms with van der Waals surface area (Å²) in [4.78, 5) is 0. The Morgan fingerprint density at radius 3 is 1.50 bits per heavy atom. The largest absolute Gasteiger partial charge is 0.366 e. The van der Waals surface area contributed by atoms with Crippen LogP contribution in [0.25, 0.3) is 0 Å². The van der Waals surface area contributed by atoms with Crippen molar-refractivity contribution >= 4 is 0 Å². The average Bonchev–Trinajstić information content (AvgIpc) is 3.07. The lowest BCUT2D eigenvalue weighted by atomic mass is 10.0. The van der Waals surface area contributed by atoms with Crippen molar-refractivity contribution in [3.05, 3.63) is 0 Å². The van der Waals surface area contributed by atoms with E-state index in [0.29, 0.717) is 0 Å². The second-order valence-corrected chi connectivity index (χ2v) is 5.74. The van der Waals surface area contributed by atoms with Gasteiger partial charge in [-0.15, -0.1) is 0 Å². The molecule has 1 aliphatic heterocycles. The van der Waals surface area contributed by atoms with Gasteiger partial charge in [-0.3, -0.25) is 0 Å². The first-order valence-corrected chi connectivity index (χ1v) is 8.18. The Balaban J connectivity index is 1.63. The Bertz CT molecular complexity index is 182. The molecule has 1 aliphatic rings. The summed E-state index contributed by atoms with van der Waals surface area (Å²) < 4.78 is 4.97. The van der Waals surface area contributed by atoms with E-state index in [4.69, 9.17) is 9.84 Å². The molecule has 0 aliphatic carbocycles. The fourth-order valence-corrected chi connectivity index (χ4v) is 2.53. The molecule has 18 heavy (non-hydrogen) atoms. The molecule has 1 heterocycles. The van der Waals surface area contributed by atoms with Crippen LogP contribution in [0.5, 0.6) is 0 Å². The average molecular weight is 256 g/mol. The summed E-state index contributed by atoms with van der Waals surface area (Å²) in [7, 11) is 0.